The van der Waals surface area contributed by atoms with Crippen molar-refractivity contribution in [3.63, 3.8) is 0 Å². The zero-order valence-corrected chi connectivity index (χ0v) is 16.0. The van der Waals surface area contributed by atoms with E-state index in [0.717, 1.165) is 18.2 Å². The van der Waals surface area contributed by atoms with E-state index in [2.05, 4.69) is 15.4 Å². The Hall–Kier alpha value is -2.76. The van der Waals surface area contributed by atoms with Gasteiger partial charge < -0.3 is 29.9 Å². The second-order valence-corrected chi connectivity index (χ2v) is 6.93. The zero-order chi connectivity index (χ0) is 21.7. The van der Waals surface area contributed by atoms with Crippen molar-refractivity contribution in [2.45, 2.75) is 25.2 Å². The maximum Gasteiger partial charge on any atom is 0.573 e. The molecule has 0 aromatic heterocycles. The number of ether oxygens (including phenoxy) is 2. The van der Waals surface area contributed by atoms with Gasteiger partial charge in [0.25, 0.3) is 0 Å². The summed E-state index contributed by atoms with van der Waals surface area (Å²) in [6.07, 6.45) is -3.91. The summed E-state index contributed by atoms with van der Waals surface area (Å²) in [6.45, 7) is 3.13. The molecule has 0 radical (unpaired) electrons. The highest BCUT2D eigenvalue weighted by atomic mass is 19.4. The predicted octanol–water partition coefficient (Wildman–Crippen LogP) is 2.76. The van der Waals surface area contributed by atoms with Gasteiger partial charge >= 0.3 is 18.4 Å². The Morgan fingerprint density at radius 3 is 2.30 bits per heavy atom. The maximum atomic E-state index is 13.7. The lowest BCUT2D eigenvalue weighted by atomic mass is 10.1. The molecule has 1 aromatic rings. The molecule has 0 atom stereocenters. The van der Waals surface area contributed by atoms with Gasteiger partial charge in [0, 0.05) is 44.0 Å². The fourth-order valence-corrected chi connectivity index (χ4v) is 3.31. The smallest absolute Gasteiger partial charge is 0.403 e. The number of nitrogens with one attached hydrogen (secondary N) is 2. The van der Waals surface area contributed by atoms with E-state index < -0.39 is 24.0 Å². The van der Waals surface area contributed by atoms with Crippen molar-refractivity contribution in [1.29, 1.82) is 0 Å². The van der Waals surface area contributed by atoms with Crippen LogP contribution in [0, 0.1) is 5.82 Å². The number of urea groups is 2. The quantitative estimate of drug-likeness (QED) is 0.717. The highest BCUT2D eigenvalue weighted by molar-refractivity contribution is 5.89. The van der Waals surface area contributed by atoms with Crippen LogP contribution in [0.3, 0.4) is 0 Å². The molecule has 30 heavy (non-hydrogen) atoms. The number of rotatable bonds is 3. The molecule has 12 heteroatoms. The Bertz CT molecular complexity index is 763. The molecule has 1 aromatic carbocycles. The first-order valence-electron chi connectivity index (χ1n) is 9.46. The van der Waals surface area contributed by atoms with Crippen LogP contribution >= 0.6 is 0 Å². The van der Waals surface area contributed by atoms with E-state index >= 15 is 0 Å². The summed E-state index contributed by atoms with van der Waals surface area (Å²) in [4.78, 5) is 28.0. The number of benzene rings is 1. The van der Waals surface area contributed by atoms with Gasteiger partial charge in [-0.15, -0.1) is 13.2 Å². The molecule has 2 fully saturated rings. The highest BCUT2D eigenvalue weighted by Crippen LogP contribution is 2.27. The van der Waals surface area contributed by atoms with Crippen molar-refractivity contribution in [2.24, 2.45) is 0 Å². The monoisotopic (exact) mass is 434 g/mol. The number of anilines is 1. The van der Waals surface area contributed by atoms with Gasteiger partial charge in [0.05, 0.1) is 13.2 Å². The number of halogens is 4. The second-order valence-electron chi connectivity index (χ2n) is 6.93. The molecule has 2 heterocycles. The molecule has 0 bridgehead atoms. The van der Waals surface area contributed by atoms with Gasteiger partial charge in [0.2, 0.25) is 0 Å². The number of amides is 4. The Balaban J connectivity index is 1.44. The molecule has 2 saturated heterocycles. The largest absolute Gasteiger partial charge is 0.573 e. The van der Waals surface area contributed by atoms with Gasteiger partial charge in [0.15, 0.2) is 11.6 Å². The van der Waals surface area contributed by atoms with Crippen molar-refractivity contribution < 1.29 is 36.6 Å². The topological polar surface area (TPSA) is 83.1 Å². The van der Waals surface area contributed by atoms with Crippen LogP contribution in [-0.4, -0.2) is 73.7 Å². The van der Waals surface area contributed by atoms with E-state index in [4.69, 9.17) is 4.74 Å². The molecular weight excluding hydrogens is 412 g/mol. The molecular formula is C18H22F4N4O4. The van der Waals surface area contributed by atoms with Crippen molar-refractivity contribution in [3.05, 3.63) is 24.0 Å². The zero-order valence-electron chi connectivity index (χ0n) is 16.0. The third kappa shape index (κ3) is 6.12. The van der Waals surface area contributed by atoms with Gasteiger partial charge in [-0.3, -0.25) is 0 Å². The van der Waals surface area contributed by atoms with Crippen molar-refractivity contribution in [3.8, 4) is 5.75 Å². The van der Waals surface area contributed by atoms with E-state index in [-0.39, 0.29) is 17.8 Å². The number of hydrogen-bond donors (Lipinski definition) is 2. The Morgan fingerprint density at radius 1 is 1.07 bits per heavy atom. The Labute approximate surface area is 170 Å². The van der Waals surface area contributed by atoms with Crippen LogP contribution in [0.5, 0.6) is 5.75 Å². The van der Waals surface area contributed by atoms with Crippen LogP contribution < -0.4 is 15.4 Å². The van der Waals surface area contributed by atoms with Gasteiger partial charge in [-0.2, -0.15) is 0 Å². The molecule has 3 rings (SSSR count). The SMILES string of the molecule is O=C(Nc1ccc(OC(F)(F)F)c(F)c1)NC1CCN(C(=O)N2CCOCC2)CC1. The van der Waals surface area contributed by atoms with E-state index in [1.54, 1.807) is 9.80 Å². The van der Waals surface area contributed by atoms with Crippen LogP contribution in [-0.2, 0) is 4.74 Å². The number of hydrogen-bond acceptors (Lipinski definition) is 4. The van der Waals surface area contributed by atoms with Crippen molar-refractivity contribution >= 4 is 17.7 Å². The first-order chi connectivity index (χ1) is 14.2. The molecule has 0 unspecified atom stereocenters. The number of carbonyl (C=O) groups is 2. The molecule has 4 amide bonds. The molecule has 0 aliphatic carbocycles. The Kier molecular flexibility index (Phi) is 6.85. The lowest BCUT2D eigenvalue weighted by Gasteiger charge is -2.37. The van der Waals surface area contributed by atoms with Crippen molar-refractivity contribution in [2.75, 3.05) is 44.7 Å². The van der Waals surface area contributed by atoms with Crippen LogP contribution in [0.1, 0.15) is 12.8 Å². The average Bonchev–Trinajstić information content (AvgIpc) is 2.70. The molecule has 0 saturated carbocycles. The lowest BCUT2D eigenvalue weighted by Crippen LogP contribution is -2.53. The number of alkyl halides is 3. The summed E-state index contributed by atoms with van der Waals surface area (Å²) >= 11 is 0. The van der Waals surface area contributed by atoms with E-state index in [0.29, 0.717) is 52.2 Å². The van der Waals surface area contributed by atoms with Gasteiger partial charge in [-0.05, 0) is 25.0 Å². The molecule has 8 nitrogen and oxygen atoms in total. The second kappa shape index (κ2) is 9.37. The number of carbonyl (C=O) groups excluding carboxylic acids is 2. The van der Waals surface area contributed by atoms with E-state index in [1.165, 1.54) is 0 Å². The van der Waals surface area contributed by atoms with Crippen LogP contribution in [0.4, 0.5) is 32.8 Å². The fourth-order valence-electron chi connectivity index (χ4n) is 3.31. The normalized spacial score (nSPS) is 18.1. The molecule has 166 valence electrons. The highest BCUT2D eigenvalue weighted by Gasteiger charge is 2.32. The minimum absolute atomic E-state index is 0.0144. The van der Waals surface area contributed by atoms with Gasteiger partial charge in [0.1, 0.15) is 0 Å². The summed E-state index contributed by atoms with van der Waals surface area (Å²) in [5.41, 5.74) is -0.0144. The number of piperidine rings is 1. The first kappa shape index (κ1) is 21.9. The number of likely N-dealkylation sites (tertiary alicyclic amines) is 1. The molecule has 2 aliphatic rings. The standard InChI is InChI=1S/C18H22F4N4O4/c19-14-11-13(1-2-15(14)30-18(20,21)22)24-16(27)23-12-3-5-25(6-4-12)17(28)26-7-9-29-10-8-26/h1-2,11-12H,3-10H2,(H2,23,24,27). The van der Waals surface area contributed by atoms with Crippen LogP contribution in [0.2, 0.25) is 0 Å². The summed E-state index contributed by atoms with van der Waals surface area (Å²) < 4.78 is 59.0. The van der Waals surface area contributed by atoms with Gasteiger partial charge in [-0.25, -0.2) is 14.0 Å². The van der Waals surface area contributed by atoms with Crippen LogP contribution in [0.25, 0.3) is 0 Å². The van der Waals surface area contributed by atoms with Crippen LogP contribution in [0.15, 0.2) is 18.2 Å². The number of morpholine rings is 1. The minimum atomic E-state index is -5.01. The third-order valence-electron chi connectivity index (χ3n) is 4.80. The van der Waals surface area contributed by atoms with Gasteiger partial charge in [-0.1, -0.05) is 0 Å². The average molecular weight is 434 g/mol. The molecule has 2 N–H and O–H groups in total. The first-order valence-corrected chi connectivity index (χ1v) is 9.46. The van der Waals surface area contributed by atoms with Crippen molar-refractivity contribution in [1.82, 2.24) is 15.1 Å². The Morgan fingerprint density at radius 2 is 1.70 bits per heavy atom. The third-order valence-corrected chi connectivity index (χ3v) is 4.80. The van der Waals surface area contributed by atoms with E-state index in [1.807, 2.05) is 0 Å². The lowest BCUT2D eigenvalue weighted by molar-refractivity contribution is -0.275. The summed E-state index contributed by atoms with van der Waals surface area (Å²) in [7, 11) is 0. The predicted molar refractivity (Wildman–Crippen MR) is 97.6 cm³/mol. The van der Waals surface area contributed by atoms with E-state index in [9.17, 15) is 27.2 Å². The summed E-state index contributed by atoms with van der Waals surface area (Å²) in [6, 6.07) is 1.79. The summed E-state index contributed by atoms with van der Waals surface area (Å²) in [5, 5.41) is 5.10. The fraction of sp³-hybridized carbons (Fsp3) is 0.556. The molecule has 2 aliphatic heterocycles. The minimum Gasteiger partial charge on any atom is -0.403 e. The number of nitrogens with zero attached hydrogens (tertiary/aromatic N) is 2. The maximum absolute atomic E-state index is 13.7. The summed E-state index contributed by atoms with van der Waals surface area (Å²) in [5.74, 6) is -2.23. The molecule has 0 spiro atoms.